The Hall–Kier alpha value is -1.06. The first-order valence-electron chi connectivity index (χ1n) is 4.97. The molecule has 2 aromatic rings. The summed E-state index contributed by atoms with van der Waals surface area (Å²) in [7, 11) is 0. The number of halogens is 3. The van der Waals surface area contributed by atoms with Gasteiger partial charge in [-0.3, -0.25) is 0 Å². The van der Waals surface area contributed by atoms with Crippen LogP contribution < -0.4 is 4.74 Å². The Labute approximate surface area is 112 Å². The quantitative estimate of drug-likeness (QED) is 0.789. The van der Waals surface area contributed by atoms with Crippen molar-refractivity contribution in [1.29, 1.82) is 0 Å². The minimum atomic E-state index is -0.294. The van der Waals surface area contributed by atoms with Crippen molar-refractivity contribution in [2.45, 2.75) is 6.61 Å². The zero-order chi connectivity index (χ0) is 12.3. The van der Waals surface area contributed by atoms with E-state index < -0.39 is 0 Å². The van der Waals surface area contributed by atoms with E-state index in [-0.39, 0.29) is 12.4 Å². The Morgan fingerprint density at radius 2 is 1.94 bits per heavy atom. The molecule has 2 aromatic carbocycles. The van der Waals surface area contributed by atoms with E-state index in [1.165, 1.54) is 12.1 Å². The molecule has 17 heavy (non-hydrogen) atoms. The van der Waals surface area contributed by atoms with Gasteiger partial charge in [-0.15, -0.1) is 0 Å². The number of rotatable bonds is 3. The van der Waals surface area contributed by atoms with Crippen molar-refractivity contribution in [2.75, 3.05) is 0 Å². The molecule has 0 radical (unpaired) electrons. The molecule has 0 unspecified atom stereocenters. The van der Waals surface area contributed by atoms with Crippen LogP contribution in [0.4, 0.5) is 4.39 Å². The van der Waals surface area contributed by atoms with Gasteiger partial charge in [-0.2, -0.15) is 0 Å². The Morgan fingerprint density at radius 3 is 2.65 bits per heavy atom. The van der Waals surface area contributed by atoms with Crippen molar-refractivity contribution in [3.8, 4) is 5.75 Å². The van der Waals surface area contributed by atoms with Gasteiger partial charge in [0.25, 0.3) is 0 Å². The van der Waals surface area contributed by atoms with Crippen LogP contribution in [0.3, 0.4) is 0 Å². The summed E-state index contributed by atoms with van der Waals surface area (Å²) in [4.78, 5) is 0. The van der Waals surface area contributed by atoms with Crippen LogP contribution in [0.5, 0.6) is 5.75 Å². The monoisotopic (exact) mass is 314 g/mol. The lowest BCUT2D eigenvalue weighted by Crippen LogP contribution is -1.96. The van der Waals surface area contributed by atoms with Gasteiger partial charge in [0, 0.05) is 4.47 Å². The second-order valence-electron chi connectivity index (χ2n) is 3.50. The summed E-state index contributed by atoms with van der Waals surface area (Å²) in [6, 6.07) is 11.8. The maximum Gasteiger partial charge on any atom is 0.138 e. The average Bonchev–Trinajstić information content (AvgIpc) is 2.27. The molecule has 0 saturated carbocycles. The molecular weight excluding hydrogens is 306 g/mol. The maximum atomic E-state index is 13.1. The number of hydrogen-bond acceptors (Lipinski definition) is 1. The summed E-state index contributed by atoms with van der Waals surface area (Å²) in [6.07, 6.45) is 0. The summed E-state index contributed by atoms with van der Waals surface area (Å²) in [6.45, 7) is 0.278. The standard InChI is InChI=1S/C13H9BrClFO/c14-10-5-9(6-11(16)7-10)8-17-13-4-2-1-3-12(13)15/h1-7H,8H2. The van der Waals surface area contributed by atoms with Gasteiger partial charge < -0.3 is 4.74 Å². The first kappa shape index (κ1) is 12.4. The average molecular weight is 316 g/mol. The van der Waals surface area contributed by atoms with Crippen molar-refractivity contribution in [2.24, 2.45) is 0 Å². The van der Waals surface area contributed by atoms with Crippen LogP contribution in [0, 0.1) is 5.82 Å². The molecular formula is C13H9BrClFO. The Kier molecular flexibility index (Phi) is 4.02. The summed E-state index contributed by atoms with van der Waals surface area (Å²) in [5.41, 5.74) is 0.747. The Bertz CT molecular complexity index is 510. The molecule has 0 spiro atoms. The number of benzene rings is 2. The first-order valence-corrected chi connectivity index (χ1v) is 6.14. The van der Waals surface area contributed by atoms with Gasteiger partial charge in [-0.05, 0) is 35.9 Å². The minimum absolute atomic E-state index is 0.278. The molecule has 88 valence electrons. The van der Waals surface area contributed by atoms with Crippen LogP contribution in [0.25, 0.3) is 0 Å². The van der Waals surface area contributed by atoms with Gasteiger partial charge in [0.15, 0.2) is 0 Å². The van der Waals surface area contributed by atoms with Crippen LogP contribution >= 0.6 is 27.5 Å². The van der Waals surface area contributed by atoms with E-state index in [0.717, 1.165) is 5.56 Å². The lowest BCUT2D eigenvalue weighted by molar-refractivity contribution is 0.305. The molecule has 2 rings (SSSR count). The van der Waals surface area contributed by atoms with Gasteiger partial charge in [0.2, 0.25) is 0 Å². The van der Waals surface area contributed by atoms with Crippen molar-refractivity contribution in [3.05, 3.63) is 63.3 Å². The van der Waals surface area contributed by atoms with Crippen LogP contribution in [0.2, 0.25) is 5.02 Å². The van der Waals surface area contributed by atoms with E-state index in [2.05, 4.69) is 15.9 Å². The highest BCUT2D eigenvalue weighted by molar-refractivity contribution is 9.10. The fraction of sp³-hybridized carbons (Fsp3) is 0.0769. The molecule has 0 bridgehead atoms. The molecule has 0 N–H and O–H groups in total. The molecule has 0 aliphatic rings. The van der Waals surface area contributed by atoms with E-state index in [0.29, 0.717) is 15.2 Å². The molecule has 1 nitrogen and oxygen atoms in total. The SMILES string of the molecule is Fc1cc(Br)cc(COc2ccccc2Cl)c1. The van der Waals surface area contributed by atoms with Crippen molar-refractivity contribution in [3.63, 3.8) is 0 Å². The van der Waals surface area contributed by atoms with Crippen LogP contribution in [0.1, 0.15) is 5.56 Å². The lowest BCUT2D eigenvalue weighted by Gasteiger charge is -2.08. The smallest absolute Gasteiger partial charge is 0.138 e. The third kappa shape index (κ3) is 3.45. The summed E-state index contributed by atoms with van der Waals surface area (Å²) < 4.78 is 19.3. The van der Waals surface area contributed by atoms with E-state index in [4.69, 9.17) is 16.3 Å². The first-order chi connectivity index (χ1) is 8.15. The highest BCUT2D eigenvalue weighted by atomic mass is 79.9. The Balaban J connectivity index is 2.10. The summed E-state index contributed by atoms with van der Waals surface area (Å²) >= 11 is 9.18. The molecule has 0 saturated heterocycles. The van der Waals surface area contributed by atoms with Gasteiger partial charge in [0.05, 0.1) is 5.02 Å². The summed E-state index contributed by atoms with van der Waals surface area (Å²) in [5.74, 6) is 0.298. The van der Waals surface area contributed by atoms with Crippen molar-refractivity contribution in [1.82, 2.24) is 0 Å². The second-order valence-corrected chi connectivity index (χ2v) is 4.82. The lowest BCUT2D eigenvalue weighted by atomic mass is 10.2. The van der Waals surface area contributed by atoms with Crippen molar-refractivity contribution >= 4 is 27.5 Å². The molecule has 0 atom stereocenters. The van der Waals surface area contributed by atoms with E-state index in [1.54, 1.807) is 18.2 Å². The van der Waals surface area contributed by atoms with E-state index in [9.17, 15) is 4.39 Å². The van der Waals surface area contributed by atoms with Gasteiger partial charge in [-0.25, -0.2) is 4.39 Å². The highest BCUT2D eigenvalue weighted by Crippen LogP contribution is 2.24. The zero-order valence-corrected chi connectivity index (χ0v) is 11.1. The van der Waals surface area contributed by atoms with Gasteiger partial charge in [-0.1, -0.05) is 39.7 Å². The molecule has 0 amide bonds. The third-order valence-electron chi connectivity index (χ3n) is 2.15. The predicted octanol–water partition coefficient (Wildman–Crippen LogP) is 4.82. The van der Waals surface area contributed by atoms with E-state index in [1.807, 2.05) is 12.1 Å². The second kappa shape index (κ2) is 5.52. The highest BCUT2D eigenvalue weighted by Gasteiger charge is 2.02. The number of para-hydroxylation sites is 1. The largest absolute Gasteiger partial charge is 0.487 e. The van der Waals surface area contributed by atoms with E-state index >= 15 is 0 Å². The van der Waals surface area contributed by atoms with Crippen LogP contribution in [-0.4, -0.2) is 0 Å². The van der Waals surface area contributed by atoms with Crippen molar-refractivity contribution < 1.29 is 9.13 Å². The number of ether oxygens (including phenoxy) is 1. The molecule has 0 aliphatic carbocycles. The van der Waals surface area contributed by atoms with Crippen LogP contribution in [0.15, 0.2) is 46.9 Å². The fourth-order valence-corrected chi connectivity index (χ4v) is 2.12. The minimum Gasteiger partial charge on any atom is -0.487 e. The maximum absolute atomic E-state index is 13.1. The predicted molar refractivity (Wildman–Crippen MR) is 69.9 cm³/mol. The third-order valence-corrected chi connectivity index (χ3v) is 2.92. The van der Waals surface area contributed by atoms with Gasteiger partial charge in [0.1, 0.15) is 18.2 Å². The number of hydrogen-bond donors (Lipinski definition) is 0. The topological polar surface area (TPSA) is 9.23 Å². The van der Waals surface area contributed by atoms with Crippen LogP contribution in [-0.2, 0) is 6.61 Å². The fourth-order valence-electron chi connectivity index (χ4n) is 1.42. The molecule has 0 aliphatic heterocycles. The van der Waals surface area contributed by atoms with Gasteiger partial charge >= 0.3 is 0 Å². The summed E-state index contributed by atoms with van der Waals surface area (Å²) in [5, 5.41) is 0.544. The zero-order valence-electron chi connectivity index (χ0n) is 8.79. The molecule has 0 aromatic heterocycles. The molecule has 4 heteroatoms. The molecule has 0 heterocycles. The molecule has 0 fully saturated rings. The normalized spacial score (nSPS) is 10.3. The Morgan fingerprint density at radius 1 is 1.18 bits per heavy atom.